The van der Waals surface area contributed by atoms with Gasteiger partial charge in [0.2, 0.25) is 0 Å². The molecule has 2 rings (SSSR count). The number of rotatable bonds is 4. The minimum Gasteiger partial charge on any atom is -0.317 e. The molecular formula is C16H15Cl2N. The quantitative estimate of drug-likeness (QED) is 0.807. The van der Waals surface area contributed by atoms with E-state index in [4.69, 9.17) is 28.9 Å². The van der Waals surface area contributed by atoms with Gasteiger partial charge < -0.3 is 5.73 Å². The fourth-order valence-electron chi connectivity index (χ4n) is 2.12. The van der Waals surface area contributed by atoms with Crippen molar-refractivity contribution in [1.82, 2.24) is 0 Å². The number of halogens is 2. The summed E-state index contributed by atoms with van der Waals surface area (Å²) in [7, 11) is 0. The van der Waals surface area contributed by atoms with Crippen LogP contribution in [-0.4, -0.2) is 0 Å². The molecule has 0 atom stereocenters. The molecule has 0 saturated carbocycles. The summed E-state index contributed by atoms with van der Waals surface area (Å²) < 4.78 is 0. The first-order chi connectivity index (χ1) is 9.06. The Morgan fingerprint density at radius 3 is 1.58 bits per heavy atom. The highest BCUT2D eigenvalue weighted by molar-refractivity contribution is 6.30. The molecule has 0 aliphatic carbocycles. The standard InChI is InChI=1S/C16H15Cl2N/c1-2-11-16(19,12-3-7-14(17)8-4-12)13-5-9-15(18)10-6-13/h2-10H,1,11,19H2. The zero-order valence-electron chi connectivity index (χ0n) is 10.4. The average molecular weight is 292 g/mol. The summed E-state index contributed by atoms with van der Waals surface area (Å²) in [5.41, 5.74) is 7.98. The molecule has 3 heteroatoms. The molecule has 2 aromatic rings. The zero-order valence-corrected chi connectivity index (χ0v) is 12.0. The minimum atomic E-state index is -0.614. The van der Waals surface area contributed by atoms with Gasteiger partial charge in [0.05, 0.1) is 5.54 Å². The molecule has 19 heavy (non-hydrogen) atoms. The number of nitrogens with two attached hydrogens (primary N) is 1. The van der Waals surface area contributed by atoms with Crippen LogP contribution in [0.25, 0.3) is 0 Å². The second kappa shape index (κ2) is 5.79. The van der Waals surface area contributed by atoms with E-state index in [-0.39, 0.29) is 0 Å². The Hall–Kier alpha value is -1.28. The van der Waals surface area contributed by atoms with Crippen molar-refractivity contribution in [3.63, 3.8) is 0 Å². The lowest BCUT2D eigenvalue weighted by Crippen LogP contribution is -2.37. The molecule has 0 aliphatic rings. The van der Waals surface area contributed by atoms with Crippen LogP contribution < -0.4 is 5.73 Å². The molecule has 2 aromatic carbocycles. The molecule has 2 N–H and O–H groups in total. The van der Waals surface area contributed by atoms with Crippen molar-refractivity contribution in [1.29, 1.82) is 0 Å². The van der Waals surface area contributed by atoms with Crippen molar-refractivity contribution in [3.8, 4) is 0 Å². The van der Waals surface area contributed by atoms with Gasteiger partial charge >= 0.3 is 0 Å². The van der Waals surface area contributed by atoms with Crippen molar-refractivity contribution in [2.45, 2.75) is 12.0 Å². The van der Waals surface area contributed by atoms with Crippen molar-refractivity contribution < 1.29 is 0 Å². The summed E-state index contributed by atoms with van der Waals surface area (Å²) in [5, 5.41) is 1.39. The van der Waals surface area contributed by atoms with Gasteiger partial charge in [0.25, 0.3) is 0 Å². The number of hydrogen-bond acceptors (Lipinski definition) is 1. The Bertz CT molecular complexity index is 513. The summed E-state index contributed by atoms with van der Waals surface area (Å²) in [6, 6.07) is 15.2. The molecule has 0 aliphatic heterocycles. The summed E-state index contributed by atoms with van der Waals surface area (Å²) in [5.74, 6) is 0. The highest BCUT2D eigenvalue weighted by atomic mass is 35.5. The first-order valence-corrected chi connectivity index (χ1v) is 6.74. The van der Waals surface area contributed by atoms with Gasteiger partial charge in [-0.05, 0) is 41.8 Å². The van der Waals surface area contributed by atoms with E-state index in [9.17, 15) is 0 Å². The van der Waals surface area contributed by atoms with Crippen LogP contribution in [0.1, 0.15) is 17.5 Å². The van der Waals surface area contributed by atoms with Crippen molar-refractivity contribution >= 4 is 23.2 Å². The predicted molar refractivity (Wildman–Crippen MR) is 82.7 cm³/mol. The van der Waals surface area contributed by atoms with E-state index in [1.165, 1.54) is 0 Å². The van der Waals surface area contributed by atoms with Crippen LogP contribution in [0.5, 0.6) is 0 Å². The van der Waals surface area contributed by atoms with Crippen LogP contribution in [0.4, 0.5) is 0 Å². The maximum Gasteiger partial charge on any atom is 0.0700 e. The first kappa shape index (κ1) is 14.1. The van der Waals surface area contributed by atoms with E-state index in [0.29, 0.717) is 16.5 Å². The smallest absolute Gasteiger partial charge is 0.0700 e. The minimum absolute atomic E-state index is 0.614. The van der Waals surface area contributed by atoms with Gasteiger partial charge in [-0.3, -0.25) is 0 Å². The van der Waals surface area contributed by atoms with Gasteiger partial charge in [-0.2, -0.15) is 0 Å². The molecule has 0 bridgehead atoms. The van der Waals surface area contributed by atoms with E-state index in [1.807, 2.05) is 54.6 Å². The molecule has 0 amide bonds. The predicted octanol–water partition coefficient (Wildman–Crippen LogP) is 4.77. The lowest BCUT2D eigenvalue weighted by atomic mass is 9.81. The maximum absolute atomic E-state index is 6.59. The molecule has 0 spiro atoms. The van der Waals surface area contributed by atoms with Gasteiger partial charge in [-0.25, -0.2) is 0 Å². The lowest BCUT2D eigenvalue weighted by Gasteiger charge is -2.30. The van der Waals surface area contributed by atoms with Gasteiger partial charge in [0.15, 0.2) is 0 Å². The third-order valence-electron chi connectivity index (χ3n) is 3.19. The third kappa shape index (κ3) is 3.01. The van der Waals surface area contributed by atoms with Gasteiger partial charge in [0, 0.05) is 10.0 Å². The topological polar surface area (TPSA) is 26.0 Å². The van der Waals surface area contributed by atoms with Crippen LogP contribution in [0.15, 0.2) is 61.2 Å². The third-order valence-corrected chi connectivity index (χ3v) is 3.69. The van der Waals surface area contributed by atoms with Crippen LogP contribution in [0.3, 0.4) is 0 Å². The van der Waals surface area contributed by atoms with Crippen molar-refractivity contribution in [3.05, 3.63) is 82.4 Å². The van der Waals surface area contributed by atoms with Gasteiger partial charge in [-0.15, -0.1) is 6.58 Å². The second-order valence-corrected chi connectivity index (χ2v) is 5.35. The normalized spacial score (nSPS) is 11.3. The molecule has 0 aromatic heterocycles. The fraction of sp³-hybridized carbons (Fsp3) is 0.125. The molecule has 0 radical (unpaired) electrons. The number of hydrogen-bond donors (Lipinski definition) is 1. The highest BCUT2D eigenvalue weighted by Gasteiger charge is 2.28. The molecule has 0 heterocycles. The summed E-state index contributed by atoms with van der Waals surface area (Å²) >= 11 is 11.9. The Labute approximate surface area is 123 Å². The number of benzene rings is 2. The van der Waals surface area contributed by atoms with E-state index in [1.54, 1.807) is 0 Å². The van der Waals surface area contributed by atoms with Gasteiger partial charge in [0.1, 0.15) is 0 Å². The Kier molecular flexibility index (Phi) is 4.31. The molecular weight excluding hydrogens is 277 g/mol. The van der Waals surface area contributed by atoms with Crippen molar-refractivity contribution in [2.24, 2.45) is 5.73 Å². The van der Waals surface area contributed by atoms with Crippen LogP contribution in [-0.2, 0) is 5.54 Å². The average Bonchev–Trinajstić information content (AvgIpc) is 2.40. The second-order valence-electron chi connectivity index (χ2n) is 4.48. The molecule has 0 unspecified atom stereocenters. The zero-order chi connectivity index (χ0) is 13.9. The Morgan fingerprint density at radius 2 is 1.26 bits per heavy atom. The van der Waals surface area contributed by atoms with Gasteiger partial charge in [-0.1, -0.05) is 53.5 Å². The molecule has 0 saturated heterocycles. The van der Waals surface area contributed by atoms with E-state index >= 15 is 0 Å². The summed E-state index contributed by atoms with van der Waals surface area (Å²) in [6.45, 7) is 3.80. The molecule has 0 fully saturated rings. The van der Waals surface area contributed by atoms with Crippen LogP contribution in [0.2, 0.25) is 10.0 Å². The summed E-state index contributed by atoms with van der Waals surface area (Å²) in [6.07, 6.45) is 2.46. The van der Waals surface area contributed by atoms with Crippen LogP contribution >= 0.6 is 23.2 Å². The van der Waals surface area contributed by atoms with Crippen molar-refractivity contribution in [2.75, 3.05) is 0 Å². The largest absolute Gasteiger partial charge is 0.317 e. The fourth-order valence-corrected chi connectivity index (χ4v) is 2.38. The molecule has 98 valence electrons. The van der Waals surface area contributed by atoms with E-state index < -0.39 is 5.54 Å². The lowest BCUT2D eigenvalue weighted by molar-refractivity contribution is 0.547. The molecule has 1 nitrogen and oxygen atoms in total. The first-order valence-electron chi connectivity index (χ1n) is 5.98. The highest BCUT2D eigenvalue weighted by Crippen LogP contribution is 2.32. The van der Waals surface area contributed by atoms with Crippen LogP contribution in [0, 0.1) is 0 Å². The Morgan fingerprint density at radius 1 is 0.895 bits per heavy atom. The van der Waals surface area contributed by atoms with E-state index in [2.05, 4.69) is 6.58 Å². The summed E-state index contributed by atoms with van der Waals surface area (Å²) in [4.78, 5) is 0. The SMILES string of the molecule is C=CCC(N)(c1ccc(Cl)cc1)c1ccc(Cl)cc1. The monoisotopic (exact) mass is 291 g/mol. The Balaban J connectivity index is 2.50. The van der Waals surface area contributed by atoms with E-state index in [0.717, 1.165) is 11.1 Å². The maximum atomic E-state index is 6.59.